The number of hydrogen-bond donors (Lipinski definition) is 1. The van der Waals surface area contributed by atoms with E-state index < -0.39 is 26.5 Å². The maximum Gasteiger partial charge on any atom is 0.472 e. The molecule has 1 N–H and O–H groups in total. The Labute approximate surface area is 306 Å². The molecule has 0 aliphatic heterocycles. The fourth-order valence-electron chi connectivity index (χ4n) is 4.99. The zero-order chi connectivity index (χ0) is 37.2. The summed E-state index contributed by atoms with van der Waals surface area (Å²) >= 11 is 0. The van der Waals surface area contributed by atoms with Crippen molar-refractivity contribution in [2.24, 2.45) is 0 Å². The number of rotatable bonds is 35. The number of unbranched alkanes of at least 4 members (excludes halogenated alkanes) is 15. The van der Waals surface area contributed by atoms with Gasteiger partial charge in [0.15, 0.2) is 6.10 Å². The molecule has 50 heavy (non-hydrogen) atoms. The van der Waals surface area contributed by atoms with Crippen molar-refractivity contribution in [2.75, 3.05) is 47.5 Å². The van der Waals surface area contributed by atoms with E-state index in [9.17, 15) is 19.0 Å². The van der Waals surface area contributed by atoms with Crippen molar-refractivity contribution in [3.8, 4) is 0 Å². The van der Waals surface area contributed by atoms with Crippen LogP contribution in [0.4, 0.5) is 0 Å². The van der Waals surface area contributed by atoms with Crippen LogP contribution in [-0.2, 0) is 32.7 Å². The van der Waals surface area contributed by atoms with Gasteiger partial charge in [-0.15, -0.1) is 0 Å². The summed E-state index contributed by atoms with van der Waals surface area (Å²) in [6, 6.07) is 0. The molecular weight excluding hydrogens is 653 g/mol. The number of nitrogens with zero attached hydrogens (tertiary/aromatic N) is 1. The Morgan fingerprint density at radius 1 is 0.620 bits per heavy atom. The Morgan fingerprint density at radius 3 is 1.68 bits per heavy atom. The molecule has 9 nitrogen and oxygen atoms in total. The fourth-order valence-corrected chi connectivity index (χ4v) is 5.73. The molecule has 0 saturated heterocycles. The first kappa shape index (κ1) is 48.2. The maximum absolute atomic E-state index is 12.6. The quantitative estimate of drug-likeness (QED) is 0.0226. The third-order valence-electron chi connectivity index (χ3n) is 8.12. The molecule has 0 aromatic carbocycles. The summed E-state index contributed by atoms with van der Waals surface area (Å²) in [6.07, 6.45) is 34.8. The minimum atomic E-state index is -4.37. The highest BCUT2D eigenvalue weighted by Gasteiger charge is 2.27. The fraction of sp³-hybridized carbons (Fsp3) is 0.800. The van der Waals surface area contributed by atoms with Crippen LogP contribution in [0.1, 0.15) is 155 Å². The predicted octanol–water partition coefficient (Wildman–Crippen LogP) is 10.6. The summed E-state index contributed by atoms with van der Waals surface area (Å²) in [4.78, 5) is 35.1. The molecule has 0 aromatic heterocycles. The maximum atomic E-state index is 12.6. The van der Waals surface area contributed by atoms with Gasteiger partial charge in [0.2, 0.25) is 0 Å². The SMILES string of the molecule is CCC/C=C\CCCCCCCC(=O)OCC(COP(=O)(O)OCC[N+](C)(C)C)OC(=O)CCCCCCC/C=C\C/C=C\CCCCCC. The van der Waals surface area contributed by atoms with Crippen molar-refractivity contribution in [3.63, 3.8) is 0 Å². The predicted molar refractivity (Wildman–Crippen MR) is 206 cm³/mol. The molecular formula is C40H75NO8P+. The van der Waals surface area contributed by atoms with E-state index in [0.717, 1.165) is 83.5 Å². The topological polar surface area (TPSA) is 108 Å². The number of hydrogen-bond acceptors (Lipinski definition) is 7. The van der Waals surface area contributed by atoms with Gasteiger partial charge in [-0.25, -0.2) is 4.57 Å². The van der Waals surface area contributed by atoms with E-state index in [1.54, 1.807) is 0 Å². The zero-order valence-corrected chi connectivity index (χ0v) is 33.5. The standard InChI is InChI=1S/C40H74NO8P/c1-6-8-10-12-14-16-18-19-20-21-22-23-25-27-29-31-33-40(43)49-38(37-48-50(44,45)47-35-34-41(3,4)5)36-46-39(42)32-30-28-26-24-17-15-13-11-9-7-2/h11,13,16,18,20-21,38H,6-10,12,14-15,17,19,22-37H2,1-5H3/p+1/b13-11-,18-16-,21-20-. The first-order valence-electron chi connectivity index (χ1n) is 19.7. The van der Waals surface area contributed by atoms with Crippen molar-refractivity contribution in [3.05, 3.63) is 36.5 Å². The number of ether oxygens (including phenoxy) is 2. The van der Waals surface area contributed by atoms with Gasteiger partial charge in [0, 0.05) is 12.8 Å². The van der Waals surface area contributed by atoms with Crippen LogP contribution in [-0.4, -0.2) is 74.9 Å². The summed E-state index contributed by atoms with van der Waals surface area (Å²) in [5.74, 6) is -0.830. The molecule has 10 heteroatoms. The number of allylic oxidation sites excluding steroid dienone is 6. The lowest BCUT2D eigenvalue weighted by atomic mass is 10.1. The normalized spacial score (nSPS) is 14.1. The minimum absolute atomic E-state index is 0.0269. The Hall–Kier alpha value is -1.77. The second-order valence-corrected chi connectivity index (χ2v) is 15.8. The van der Waals surface area contributed by atoms with Gasteiger partial charge >= 0.3 is 19.8 Å². The second kappa shape index (κ2) is 33.1. The van der Waals surface area contributed by atoms with E-state index in [1.807, 2.05) is 21.1 Å². The summed E-state index contributed by atoms with van der Waals surface area (Å²) in [6.45, 7) is 4.29. The molecule has 0 fully saturated rings. The van der Waals surface area contributed by atoms with Gasteiger partial charge in [0.1, 0.15) is 19.8 Å². The first-order valence-corrected chi connectivity index (χ1v) is 21.2. The van der Waals surface area contributed by atoms with Crippen LogP contribution in [0.2, 0.25) is 0 Å². The molecule has 0 amide bonds. The van der Waals surface area contributed by atoms with Crippen LogP contribution in [0.25, 0.3) is 0 Å². The monoisotopic (exact) mass is 729 g/mol. The Balaban J connectivity index is 4.45. The molecule has 0 bridgehead atoms. The number of phosphoric ester groups is 1. The van der Waals surface area contributed by atoms with Crippen molar-refractivity contribution in [1.29, 1.82) is 0 Å². The molecule has 292 valence electrons. The van der Waals surface area contributed by atoms with Gasteiger partial charge < -0.3 is 18.9 Å². The summed E-state index contributed by atoms with van der Waals surface area (Å²) < 4.78 is 34.1. The number of carbonyl (C=O) groups excluding carboxylic acids is 2. The Morgan fingerprint density at radius 2 is 1.12 bits per heavy atom. The molecule has 0 aliphatic carbocycles. The number of likely N-dealkylation sites (N-methyl/N-ethyl adjacent to an activating group) is 1. The number of quaternary nitrogens is 1. The Kier molecular flexibility index (Phi) is 31.9. The van der Waals surface area contributed by atoms with Crippen molar-refractivity contribution >= 4 is 19.8 Å². The third-order valence-corrected chi connectivity index (χ3v) is 9.11. The van der Waals surface area contributed by atoms with Crippen LogP contribution >= 0.6 is 7.82 Å². The van der Waals surface area contributed by atoms with Gasteiger partial charge in [-0.2, -0.15) is 0 Å². The number of carbonyl (C=O) groups is 2. The summed E-state index contributed by atoms with van der Waals surface area (Å²) in [5.41, 5.74) is 0. The van der Waals surface area contributed by atoms with Gasteiger partial charge in [-0.1, -0.05) is 115 Å². The van der Waals surface area contributed by atoms with E-state index in [2.05, 4.69) is 50.3 Å². The average Bonchev–Trinajstić information content (AvgIpc) is 3.06. The second-order valence-electron chi connectivity index (χ2n) is 14.3. The molecule has 0 saturated carbocycles. The van der Waals surface area contributed by atoms with Gasteiger partial charge in [-0.3, -0.25) is 18.6 Å². The van der Waals surface area contributed by atoms with Crippen LogP contribution in [0.5, 0.6) is 0 Å². The lowest BCUT2D eigenvalue weighted by Crippen LogP contribution is -2.37. The highest BCUT2D eigenvalue weighted by molar-refractivity contribution is 7.47. The van der Waals surface area contributed by atoms with Crippen LogP contribution in [0.3, 0.4) is 0 Å². The van der Waals surface area contributed by atoms with Crippen molar-refractivity contribution < 1.29 is 42.1 Å². The van der Waals surface area contributed by atoms with Crippen LogP contribution in [0, 0.1) is 0 Å². The van der Waals surface area contributed by atoms with Gasteiger partial charge in [-0.05, 0) is 64.2 Å². The minimum Gasteiger partial charge on any atom is -0.462 e. The van der Waals surface area contributed by atoms with E-state index in [4.69, 9.17) is 18.5 Å². The van der Waals surface area contributed by atoms with Crippen molar-refractivity contribution in [1.82, 2.24) is 0 Å². The molecule has 0 radical (unpaired) electrons. The first-order chi connectivity index (χ1) is 24.0. The molecule has 0 heterocycles. The number of phosphoric acid groups is 1. The van der Waals surface area contributed by atoms with E-state index in [1.165, 1.54) is 38.5 Å². The van der Waals surface area contributed by atoms with Crippen molar-refractivity contribution in [2.45, 2.75) is 161 Å². The van der Waals surface area contributed by atoms with Crippen LogP contribution in [0.15, 0.2) is 36.5 Å². The lowest BCUT2D eigenvalue weighted by Gasteiger charge is -2.24. The molecule has 0 rings (SSSR count). The van der Waals surface area contributed by atoms with E-state index >= 15 is 0 Å². The Bertz CT molecular complexity index is 959. The highest BCUT2D eigenvalue weighted by atomic mass is 31.2. The van der Waals surface area contributed by atoms with E-state index in [-0.39, 0.29) is 32.0 Å². The summed E-state index contributed by atoms with van der Waals surface area (Å²) in [7, 11) is 1.46. The molecule has 0 aromatic rings. The van der Waals surface area contributed by atoms with Gasteiger partial charge in [0.25, 0.3) is 0 Å². The third kappa shape index (κ3) is 36.0. The molecule has 0 aliphatic rings. The number of esters is 2. The zero-order valence-electron chi connectivity index (χ0n) is 32.6. The van der Waals surface area contributed by atoms with Gasteiger partial charge in [0.05, 0.1) is 27.7 Å². The molecule has 2 atom stereocenters. The van der Waals surface area contributed by atoms with Crippen LogP contribution < -0.4 is 0 Å². The summed E-state index contributed by atoms with van der Waals surface area (Å²) in [5, 5.41) is 0. The smallest absolute Gasteiger partial charge is 0.462 e. The largest absolute Gasteiger partial charge is 0.472 e. The average molecular weight is 729 g/mol. The molecule has 0 spiro atoms. The highest BCUT2D eigenvalue weighted by Crippen LogP contribution is 2.43. The molecule has 2 unspecified atom stereocenters. The van der Waals surface area contributed by atoms with E-state index in [0.29, 0.717) is 17.4 Å². The lowest BCUT2D eigenvalue weighted by molar-refractivity contribution is -0.870.